The number of piperidine rings is 1. The van der Waals surface area contributed by atoms with Gasteiger partial charge in [-0.1, -0.05) is 66.7 Å². The summed E-state index contributed by atoms with van der Waals surface area (Å²) >= 11 is 0. The quantitative estimate of drug-likeness (QED) is 0.195. The van der Waals surface area contributed by atoms with Crippen LogP contribution in [0.3, 0.4) is 0 Å². The molecule has 2 amide bonds. The Morgan fingerprint density at radius 2 is 1.54 bits per heavy atom. The van der Waals surface area contributed by atoms with Gasteiger partial charge in [0, 0.05) is 48.9 Å². The van der Waals surface area contributed by atoms with Gasteiger partial charge in [0.05, 0.1) is 17.7 Å². The van der Waals surface area contributed by atoms with E-state index in [0.29, 0.717) is 60.7 Å². The number of likely N-dealkylation sites (tertiary alicyclic amines) is 1. The Kier molecular flexibility index (Phi) is 8.91. The number of nitrogens with one attached hydrogen (secondary N) is 1. The van der Waals surface area contributed by atoms with Crippen LogP contribution in [0.1, 0.15) is 55.0 Å². The average molecular weight is 615 g/mol. The van der Waals surface area contributed by atoms with Crippen molar-refractivity contribution in [1.82, 2.24) is 14.7 Å². The molecule has 2 heterocycles. The van der Waals surface area contributed by atoms with Crippen molar-refractivity contribution >= 4 is 23.5 Å². The first-order valence-corrected chi connectivity index (χ1v) is 15.2. The summed E-state index contributed by atoms with van der Waals surface area (Å²) in [7, 11) is 0. The van der Waals surface area contributed by atoms with Crippen molar-refractivity contribution in [3.8, 4) is 17.0 Å². The van der Waals surface area contributed by atoms with Crippen LogP contribution in [0.5, 0.6) is 5.75 Å². The molecule has 0 radical (unpaired) electrons. The number of rotatable bonds is 9. The van der Waals surface area contributed by atoms with Gasteiger partial charge in [-0.3, -0.25) is 14.3 Å². The Labute approximate surface area is 267 Å². The number of ether oxygens (including phenoxy) is 1. The zero-order chi connectivity index (χ0) is 32.0. The molecule has 5 aromatic rings. The van der Waals surface area contributed by atoms with Crippen LogP contribution in [-0.2, 0) is 6.54 Å². The van der Waals surface area contributed by atoms with Crippen molar-refractivity contribution in [3.63, 3.8) is 0 Å². The summed E-state index contributed by atoms with van der Waals surface area (Å²) in [5.41, 5.74) is 5.01. The summed E-state index contributed by atoms with van der Waals surface area (Å²) in [5, 5.41) is 16.9. The monoisotopic (exact) mass is 614 g/mol. The Morgan fingerprint density at radius 3 is 2.22 bits per heavy atom. The van der Waals surface area contributed by atoms with Gasteiger partial charge in [-0.2, -0.15) is 5.10 Å². The SMILES string of the molecule is Cc1ccc(NC(=O)c2cn(Cc3ccccc3)nc2-c2ccccc2)cc1C(=O)N1CCC(Oc2ccc(C(=O)O)cc2)CC1. The standard InChI is InChI=1S/C37H34N4O5/c1-25-12-15-29(22-32(25)36(43)40-20-18-31(19-21-40)46-30-16-13-28(14-17-30)37(44)45)38-35(42)33-24-41(23-26-8-4-2-5-9-26)39-34(33)27-10-6-3-7-11-27/h2-17,22,24,31H,18-21,23H2,1H3,(H,38,42)(H,44,45). The second-order valence-electron chi connectivity index (χ2n) is 11.4. The van der Waals surface area contributed by atoms with Gasteiger partial charge in [0.25, 0.3) is 11.8 Å². The fraction of sp³-hybridized carbons (Fsp3) is 0.189. The Balaban J connectivity index is 1.14. The van der Waals surface area contributed by atoms with Crippen LogP contribution in [-0.4, -0.2) is 56.8 Å². The first kappa shape index (κ1) is 30.3. The molecule has 1 aromatic heterocycles. The summed E-state index contributed by atoms with van der Waals surface area (Å²) in [4.78, 5) is 40.2. The zero-order valence-corrected chi connectivity index (χ0v) is 25.4. The third-order valence-corrected chi connectivity index (χ3v) is 8.10. The minimum atomic E-state index is -0.982. The summed E-state index contributed by atoms with van der Waals surface area (Å²) in [5.74, 6) is -0.785. The van der Waals surface area contributed by atoms with Crippen LogP contribution >= 0.6 is 0 Å². The molecule has 1 saturated heterocycles. The molecule has 9 nitrogen and oxygen atoms in total. The van der Waals surface area contributed by atoms with E-state index in [0.717, 1.165) is 16.7 Å². The average Bonchev–Trinajstić information content (AvgIpc) is 3.51. The number of aromatic nitrogens is 2. The summed E-state index contributed by atoms with van der Waals surface area (Å²) < 4.78 is 7.82. The molecule has 1 fully saturated rings. The number of amides is 2. The van der Waals surface area contributed by atoms with Gasteiger partial charge in [-0.15, -0.1) is 0 Å². The highest BCUT2D eigenvalue weighted by Crippen LogP contribution is 2.26. The molecule has 0 spiro atoms. The van der Waals surface area contributed by atoms with E-state index in [4.69, 9.17) is 14.9 Å². The van der Waals surface area contributed by atoms with Gasteiger partial charge in [0.1, 0.15) is 17.5 Å². The number of carbonyl (C=O) groups is 3. The van der Waals surface area contributed by atoms with Crippen molar-refractivity contribution in [2.45, 2.75) is 32.4 Å². The largest absolute Gasteiger partial charge is 0.490 e. The molecule has 6 rings (SSSR count). The van der Waals surface area contributed by atoms with E-state index < -0.39 is 5.97 Å². The number of carbonyl (C=O) groups excluding carboxylic acids is 2. The summed E-state index contributed by atoms with van der Waals surface area (Å²) in [6, 6.07) is 31.3. The molecule has 0 saturated carbocycles. The highest BCUT2D eigenvalue weighted by Gasteiger charge is 2.26. The molecule has 9 heteroatoms. The number of aryl methyl sites for hydroxylation is 1. The fourth-order valence-electron chi connectivity index (χ4n) is 5.59. The second kappa shape index (κ2) is 13.5. The van der Waals surface area contributed by atoms with E-state index >= 15 is 0 Å². The number of nitrogens with zero attached hydrogens (tertiary/aromatic N) is 3. The van der Waals surface area contributed by atoms with E-state index in [1.54, 1.807) is 35.1 Å². The first-order chi connectivity index (χ1) is 22.3. The predicted octanol–water partition coefficient (Wildman–Crippen LogP) is 6.54. The van der Waals surface area contributed by atoms with E-state index in [1.807, 2.05) is 78.6 Å². The molecule has 0 unspecified atom stereocenters. The van der Waals surface area contributed by atoms with Gasteiger partial charge in [-0.05, 0) is 54.4 Å². The van der Waals surface area contributed by atoms with E-state index in [-0.39, 0.29) is 23.5 Å². The lowest BCUT2D eigenvalue weighted by molar-refractivity contribution is 0.0594. The van der Waals surface area contributed by atoms with Crippen molar-refractivity contribution in [2.24, 2.45) is 0 Å². The lowest BCUT2D eigenvalue weighted by Gasteiger charge is -2.32. The third-order valence-electron chi connectivity index (χ3n) is 8.10. The van der Waals surface area contributed by atoms with E-state index in [1.165, 1.54) is 12.1 Å². The van der Waals surface area contributed by atoms with Crippen molar-refractivity contribution < 1.29 is 24.2 Å². The number of hydrogen-bond donors (Lipinski definition) is 2. The maximum Gasteiger partial charge on any atom is 0.335 e. The minimum absolute atomic E-state index is 0.0759. The van der Waals surface area contributed by atoms with Crippen molar-refractivity contribution in [3.05, 3.63) is 137 Å². The Bertz CT molecular complexity index is 1840. The van der Waals surface area contributed by atoms with E-state index in [9.17, 15) is 14.4 Å². The number of hydrogen-bond acceptors (Lipinski definition) is 5. The van der Waals surface area contributed by atoms with Crippen LogP contribution in [0.2, 0.25) is 0 Å². The number of benzene rings is 4. The van der Waals surface area contributed by atoms with Crippen LogP contribution in [0.25, 0.3) is 11.3 Å². The van der Waals surface area contributed by atoms with Crippen LogP contribution in [0.4, 0.5) is 5.69 Å². The van der Waals surface area contributed by atoms with Gasteiger partial charge >= 0.3 is 5.97 Å². The maximum atomic E-state index is 13.7. The number of carboxylic acid groups (broad SMARTS) is 1. The fourth-order valence-corrected chi connectivity index (χ4v) is 5.59. The number of carboxylic acids is 1. The van der Waals surface area contributed by atoms with Gasteiger partial charge < -0.3 is 20.1 Å². The second-order valence-corrected chi connectivity index (χ2v) is 11.4. The molecular formula is C37H34N4O5. The Hall–Kier alpha value is -5.70. The predicted molar refractivity (Wildman–Crippen MR) is 175 cm³/mol. The third kappa shape index (κ3) is 6.99. The van der Waals surface area contributed by atoms with Crippen molar-refractivity contribution in [2.75, 3.05) is 18.4 Å². The minimum Gasteiger partial charge on any atom is -0.490 e. The number of anilines is 1. The number of aromatic carboxylic acids is 1. The molecule has 4 aromatic carbocycles. The molecular weight excluding hydrogens is 580 g/mol. The van der Waals surface area contributed by atoms with Gasteiger partial charge in [0.15, 0.2) is 0 Å². The van der Waals surface area contributed by atoms with Crippen LogP contribution in [0, 0.1) is 6.92 Å². The summed E-state index contributed by atoms with van der Waals surface area (Å²) in [6.07, 6.45) is 2.99. The summed E-state index contributed by atoms with van der Waals surface area (Å²) in [6.45, 7) is 3.45. The maximum absolute atomic E-state index is 13.7. The normalized spacial score (nSPS) is 13.3. The molecule has 0 atom stereocenters. The Morgan fingerprint density at radius 1 is 0.870 bits per heavy atom. The van der Waals surface area contributed by atoms with Gasteiger partial charge in [0.2, 0.25) is 0 Å². The molecule has 0 aliphatic carbocycles. The van der Waals surface area contributed by atoms with E-state index in [2.05, 4.69) is 5.32 Å². The topological polar surface area (TPSA) is 114 Å². The van der Waals surface area contributed by atoms with Gasteiger partial charge in [-0.25, -0.2) is 4.79 Å². The molecule has 1 aliphatic heterocycles. The van der Waals surface area contributed by atoms with Crippen molar-refractivity contribution in [1.29, 1.82) is 0 Å². The first-order valence-electron chi connectivity index (χ1n) is 15.2. The lowest BCUT2D eigenvalue weighted by atomic mass is 10.0. The molecule has 1 aliphatic rings. The molecule has 0 bridgehead atoms. The van der Waals surface area contributed by atoms with Crippen LogP contribution in [0.15, 0.2) is 109 Å². The highest BCUT2D eigenvalue weighted by atomic mass is 16.5. The molecule has 232 valence electrons. The van der Waals surface area contributed by atoms with Crippen LogP contribution < -0.4 is 10.1 Å². The smallest absolute Gasteiger partial charge is 0.335 e. The zero-order valence-electron chi connectivity index (χ0n) is 25.4. The molecule has 46 heavy (non-hydrogen) atoms. The lowest BCUT2D eigenvalue weighted by Crippen LogP contribution is -2.42. The molecule has 2 N–H and O–H groups in total. The highest BCUT2D eigenvalue weighted by molar-refractivity contribution is 6.08.